The molecule has 5 rings (SSSR count). The van der Waals surface area contributed by atoms with Crippen molar-refractivity contribution in [2.75, 3.05) is 6.54 Å². The molecule has 1 spiro atoms. The van der Waals surface area contributed by atoms with Crippen molar-refractivity contribution in [2.24, 2.45) is 23.2 Å². The van der Waals surface area contributed by atoms with Crippen LogP contribution in [0.15, 0.2) is 24.3 Å². The molecule has 2 saturated carbocycles. The summed E-state index contributed by atoms with van der Waals surface area (Å²) in [5.41, 5.74) is 4.02. The van der Waals surface area contributed by atoms with E-state index in [0.717, 1.165) is 29.5 Å². The summed E-state index contributed by atoms with van der Waals surface area (Å²) in [5, 5.41) is 14.7. The Kier molecular flexibility index (Phi) is 3.39. The Balaban J connectivity index is 1.20. The molecule has 136 valence electrons. The van der Waals surface area contributed by atoms with Gasteiger partial charge < -0.3 is 5.32 Å². The van der Waals surface area contributed by atoms with Crippen LogP contribution in [0.4, 0.5) is 0 Å². The van der Waals surface area contributed by atoms with E-state index in [9.17, 15) is 4.79 Å². The van der Waals surface area contributed by atoms with E-state index < -0.39 is 0 Å². The molecule has 0 saturated heterocycles. The average molecular weight is 351 g/mol. The molecule has 0 aliphatic heterocycles. The molecule has 2 heterocycles. The van der Waals surface area contributed by atoms with Crippen LogP contribution in [0.5, 0.6) is 0 Å². The highest BCUT2D eigenvalue weighted by Crippen LogP contribution is 2.69. The summed E-state index contributed by atoms with van der Waals surface area (Å²) in [6.45, 7) is 5.36. The van der Waals surface area contributed by atoms with E-state index in [1.54, 1.807) is 0 Å². The van der Waals surface area contributed by atoms with Crippen molar-refractivity contribution in [3.63, 3.8) is 0 Å². The van der Waals surface area contributed by atoms with Gasteiger partial charge in [-0.1, -0.05) is 12.2 Å². The molecule has 0 unspecified atom stereocenters. The number of allylic oxidation sites excluding steroid dienone is 2. The Hall–Kier alpha value is -2.37. The molecule has 1 amide bonds. The molecule has 2 N–H and O–H groups in total. The fraction of sp³-hybridized carbons (Fsp3) is 0.550. The van der Waals surface area contributed by atoms with Crippen LogP contribution in [0.2, 0.25) is 0 Å². The SMILES string of the molecule is Cc1cc(C)n(Cc2cc(C(=O)NC[C@H]3C[C@H]4C=C[C@H]3C43CC3)n[nH]2)n1. The summed E-state index contributed by atoms with van der Waals surface area (Å²) >= 11 is 0. The highest BCUT2D eigenvalue weighted by molar-refractivity contribution is 5.92. The number of nitrogens with zero attached hydrogens (tertiary/aromatic N) is 3. The predicted molar refractivity (Wildman–Crippen MR) is 97.6 cm³/mol. The van der Waals surface area contributed by atoms with Crippen molar-refractivity contribution in [2.45, 2.75) is 39.7 Å². The van der Waals surface area contributed by atoms with Crippen LogP contribution < -0.4 is 5.32 Å². The lowest BCUT2D eigenvalue weighted by atomic mass is 9.89. The number of nitrogens with one attached hydrogen (secondary N) is 2. The maximum absolute atomic E-state index is 12.5. The lowest BCUT2D eigenvalue weighted by molar-refractivity contribution is 0.0939. The predicted octanol–water partition coefficient (Wildman–Crippen LogP) is 2.60. The zero-order chi connectivity index (χ0) is 17.9. The molecule has 0 aromatic carbocycles. The molecule has 3 aliphatic rings. The Bertz CT molecular complexity index is 888. The summed E-state index contributed by atoms with van der Waals surface area (Å²) in [5.74, 6) is 1.93. The van der Waals surface area contributed by atoms with E-state index in [0.29, 0.717) is 29.5 Å². The monoisotopic (exact) mass is 351 g/mol. The van der Waals surface area contributed by atoms with Gasteiger partial charge in [0, 0.05) is 12.2 Å². The molecule has 2 aromatic rings. The molecule has 2 aromatic heterocycles. The quantitative estimate of drug-likeness (QED) is 0.813. The Morgan fingerprint density at radius 1 is 1.35 bits per heavy atom. The van der Waals surface area contributed by atoms with Crippen molar-refractivity contribution >= 4 is 5.91 Å². The minimum atomic E-state index is -0.0857. The van der Waals surface area contributed by atoms with Gasteiger partial charge in [-0.2, -0.15) is 10.2 Å². The van der Waals surface area contributed by atoms with Gasteiger partial charge in [-0.15, -0.1) is 0 Å². The van der Waals surface area contributed by atoms with Gasteiger partial charge in [-0.3, -0.25) is 14.6 Å². The molecular formula is C20H25N5O. The standard InChI is InChI=1S/C20H25N5O/c1-12-7-13(2)25(24-12)11-16-9-18(23-22-16)19(26)21-10-14-8-15-3-4-17(14)20(15)5-6-20/h3-4,7,9,14-15,17H,5-6,8,10-11H2,1-2H3,(H,21,26)(H,22,23)/t14-,15-,17-/m1/s1. The number of aromatic amines is 1. The van der Waals surface area contributed by atoms with Crippen molar-refractivity contribution in [3.8, 4) is 0 Å². The largest absolute Gasteiger partial charge is 0.350 e. The molecule has 2 fully saturated rings. The maximum atomic E-state index is 12.5. The summed E-state index contributed by atoms with van der Waals surface area (Å²) in [6.07, 6.45) is 8.78. The first-order valence-corrected chi connectivity index (χ1v) is 9.57. The second kappa shape index (κ2) is 5.56. The Morgan fingerprint density at radius 3 is 2.88 bits per heavy atom. The van der Waals surface area contributed by atoms with Crippen LogP contribution in [-0.2, 0) is 6.54 Å². The number of carbonyl (C=O) groups is 1. The van der Waals surface area contributed by atoms with Crippen molar-refractivity contribution in [3.05, 3.63) is 47.1 Å². The fourth-order valence-corrected chi connectivity index (χ4v) is 5.23. The molecule has 3 aliphatic carbocycles. The normalized spacial score (nSPS) is 27.4. The number of hydrogen-bond donors (Lipinski definition) is 2. The Morgan fingerprint density at radius 2 is 2.19 bits per heavy atom. The van der Waals surface area contributed by atoms with Gasteiger partial charge in [0.1, 0.15) is 5.69 Å². The van der Waals surface area contributed by atoms with Crippen LogP contribution in [0.1, 0.15) is 46.8 Å². The number of carbonyl (C=O) groups excluding carboxylic acids is 1. The van der Waals surface area contributed by atoms with Crippen molar-refractivity contribution in [1.82, 2.24) is 25.3 Å². The van der Waals surface area contributed by atoms with Gasteiger partial charge in [0.05, 0.1) is 17.9 Å². The summed E-state index contributed by atoms with van der Waals surface area (Å²) in [6, 6.07) is 3.87. The van der Waals surface area contributed by atoms with Crippen LogP contribution in [-0.4, -0.2) is 32.4 Å². The minimum Gasteiger partial charge on any atom is -0.350 e. The number of aromatic nitrogens is 4. The first-order valence-electron chi connectivity index (χ1n) is 9.57. The van der Waals surface area contributed by atoms with E-state index in [1.165, 1.54) is 19.3 Å². The smallest absolute Gasteiger partial charge is 0.271 e. The second-order valence-corrected chi connectivity index (χ2v) is 8.32. The molecule has 2 bridgehead atoms. The van der Waals surface area contributed by atoms with Crippen LogP contribution in [0.25, 0.3) is 0 Å². The number of hydrogen-bond acceptors (Lipinski definition) is 3. The number of rotatable bonds is 5. The lowest BCUT2D eigenvalue weighted by Gasteiger charge is -2.19. The summed E-state index contributed by atoms with van der Waals surface area (Å²) in [4.78, 5) is 12.5. The highest BCUT2D eigenvalue weighted by atomic mass is 16.1. The molecule has 26 heavy (non-hydrogen) atoms. The van der Waals surface area contributed by atoms with Gasteiger partial charge in [0.15, 0.2) is 0 Å². The van der Waals surface area contributed by atoms with Crippen molar-refractivity contribution < 1.29 is 4.79 Å². The molecule has 3 atom stereocenters. The summed E-state index contributed by atoms with van der Waals surface area (Å²) in [7, 11) is 0. The number of amides is 1. The average Bonchev–Trinajstić information content (AvgIpc) is 2.84. The molecule has 6 heteroatoms. The first-order chi connectivity index (χ1) is 12.5. The second-order valence-electron chi connectivity index (χ2n) is 8.32. The highest BCUT2D eigenvalue weighted by Gasteiger charge is 2.62. The van der Waals surface area contributed by atoms with E-state index in [1.807, 2.05) is 30.7 Å². The Labute approximate surface area is 153 Å². The van der Waals surface area contributed by atoms with E-state index in [-0.39, 0.29) is 5.91 Å². The zero-order valence-electron chi connectivity index (χ0n) is 15.3. The number of aryl methyl sites for hydroxylation is 2. The molecule has 6 nitrogen and oxygen atoms in total. The molecular weight excluding hydrogens is 326 g/mol. The third-order valence-corrected chi connectivity index (χ3v) is 6.66. The third kappa shape index (κ3) is 2.42. The molecule has 0 radical (unpaired) electrons. The van der Waals surface area contributed by atoms with Crippen LogP contribution in [0, 0.1) is 37.0 Å². The zero-order valence-corrected chi connectivity index (χ0v) is 15.3. The van der Waals surface area contributed by atoms with Gasteiger partial charge in [0.2, 0.25) is 0 Å². The topological polar surface area (TPSA) is 75.6 Å². The number of H-pyrrole nitrogens is 1. The lowest BCUT2D eigenvalue weighted by Crippen LogP contribution is -2.31. The van der Waals surface area contributed by atoms with E-state index >= 15 is 0 Å². The van der Waals surface area contributed by atoms with Crippen LogP contribution in [0.3, 0.4) is 0 Å². The first kappa shape index (κ1) is 15.9. The van der Waals surface area contributed by atoms with E-state index in [4.69, 9.17) is 0 Å². The maximum Gasteiger partial charge on any atom is 0.271 e. The van der Waals surface area contributed by atoms with Gasteiger partial charge >= 0.3 is 0 Å². The third-order valence-electron chi connectivity index (χ3n) is 6.66. The van der Waals surface area contributed by atoms with Gasteiger partial charge in [0.25, 0.3) is 5.91 Å². The van der Waals surface area contributed by atoms with Crippen LogP contribution >= 0.6 is 0 Å². The van der Waals surface area contributed by atoms with Gasteiger partial charge in [-0.05, 0) is 68.4 Å². The van der Waals surface area contributed by atoms with Crippen molar-refractivity contribution in [1.29, 1.82) is 0 Å². The van der Waals surface area contributed by atoms with Gasteiger partial charge in [-0.25, -0.2) is 0 Å². The fourth-order valence-electron chi connectivity index (χ4n) is 5.23. The minimum absolute atomic E-state index is 0.0857. The summed E-state index contributed by atoms with van der Waals surface area (Å²) < 4.78 is 1.92. The van der Waals surface area contributed by atoms with E-state index in [2.05, 4.69) is 32.8 Å².